The molecule has 1 atom stereocenters. The molecule has 6 nitrogen and oxygen atoms in total. The van der Waals surface area contributed by atoms with Crippen LogP contribution in [-0.4, -0.2) is 13.7 Å². The second kappa shape index (κ2) is 7.53. The topological polar surface area (TPSA) is 61.0 Å². The molecule has 1 N–H and O–H groups in total. The molecule has 0 fully saturated rings. The molecule has 0 radical (unpaired) electrons. The molecule has 0 bridgehead atoms. The molecular weight excluding hydrogens is 450 g/mol. The van der Waals surface area contributed by atoms with Crippen molar-refractivity contribution in [3.05, 3.63) is 117 Å². The lowest BCUT2D eigenvalue weighted by Gasteiger charge is -2.31. The summed E-state index contributed by atoms with van der Waals surface area (Å²) in [4.78, 5) is 26.6. The zero-order valence-electron chi connectivity index (χ0n) is 18.9. The van der Waals surface area contributed by atoms with Gasteiger partial charge >= 0.3 is 5.69 Å². The van der Waals surface area contributed by atoms with Crippen molar-refractivity contribution in [2.45, 2.75) is 6.04 Å². The third-order valence-electron chi connectivity index (χ3n) is 6.66. The molecule has 0 saturated carbocycles. The van der Waals surface area contributed by atoms with E-state index in [2.05, 4.69) is 5.32 Å². The molecule has 0 spiro atoms. The Morgan fingerprint density at radius 2 is 1.51 bits per heavy atom. The molecule has 5 aromatic rings. The van der Waals surface area contributed by atoms with Crippen LogP contribution in [0.3, 0.4) is 0 Å². The van der Waals surface area contributed by atoms with Crippen LogP contribution in [0, 0.1) is 11.6 Å². The quantitative estimate of drug-likeness (QED) is 0.414. The summed E-state index contributed by atoms with van der Waals surface area (Å²) < 4.78 is 33.3. The van der Waals surface area contributed by atoms with E-state index in [-0.39, 0.29) is 16.8 Å². The second-order valence-electron chi connectivity index (χ2n) is 8.62. The van der Waals surface area contributed by atoms with Crippen molar-refractivity contribution in [2.75, 3.05) is 5.32 Å². The molecule has 174 valence electrons. The van der Waals surface area contributed by atoms with Gasteiger partial charge in [-0.25, -0.2) is 13.6 Å². The van der Waals surface area contributed by atoms with E-state index in [1.54, 1.807) is 37.4 Å². The summed E-state index contributed by atoms with van der Waals surface area (Å²) in [5.41, 5.74) is 2.80. The van der Waals surface area contributed by atoms with Crippen molar-refractivity contribution in [1.82, 2.24) is 13.7 Å². The van der Waals surface area contributed by atoms with Gasteiger partial charge in [0.15, 0.2) is 0 Å². The number of para-hydroxylation sites is 2. The minimum Gasteiger partial charge on any atom is -0.371 e. The molecule has 35 heavy (non-hydrogen) atoms. The molecule has 1 aliphatic rings. The third-order valence-corrected chi connectivity index (χ3v) is 6.66. The zero-order chi connectivity index (χ0) is 24.4. The number of nitrogens with one attached hydrogen (secondary N) is 1. The Morgan fingerprint density at radius 3 is 2.26 bits per heavy atom. The Morgan fingerprint density at radius 1 is 0.829 bits per heavy atom. The van der Waals surface area contributed by atoms with E-state index in [0.29, 0.717) is 22.6 Å². The first-order valence-corrected chi connectivity index (χ1v) is 11.1. The van der Waals surface area contributed by atoms with Gasteiger partial charge in [-0.15, -0.1) is 0 Å². The Labute approximate surface area is 198 Å². The predicted octanol–water partition coefficient (Wildman–Crippen LogP) is 4.49. The van der Waals surface area contributed by atoms with Crippen LogP contribution < -0.4 is 16.6 Å². The van der Waals surface area contributed by atoms with Crippen LogP contribution in [0.2, 0.25) is 0 Å². The summed E-state index contributed by atoms with van der Waals surface area (Å²) in [5.74, 6) is -0.863. The third kappa shape index (κ3) is 2.92. The van der Waals surface area contributed by atoms with Gasteiger partial charge in [0.25, 0.3) is 5.56 Å². The average molecular weight is 470 g/mol. The van der Waals surface area contributed by atoms with Gasteiger partial charge in [0.05, 0.1) is 39.7 Å². The van der Waals surface area contributed by atoms with E-state index in [9.17, 15) is 14.0 Å². The number of anilines is 1. The number of hydrogen-bond acceptors (Lipinski definition) is 3. The molecule has 0 amide bonds. The molecule has 2 aromatic heterocycles. The number of nitrogens with zero attached hydrogens (tertiary/aromatic N) is 3. The Hall–Kier alpha value is -4.46. The lowest BCUT2D eigenvalue weighted by molar-refractivity contribution is 0.626. The van der Waals surface area contributed by atoms with Gasteiger partial charge in [0, 0.05) is 19.7 Å². The molecule has 8 heteroatoms. The van der Waals surface area contributed by atoms with Crippen molar-refractivity contribution in [3.63, 3.8) is 0 Å². The van der Waals surface area contributed by atoms with E-state index in [1.165, 1.54) is 29.8 Å². The van der Waals surface area contributed by atoms with Gasteiger partial charge in [-0.2, -0.15) is 0 Å². The molecule has 3 heterocycles. The summed E-state index contributed by atoms with van der Waals surface area (Å²) in [6.45, 7) is 0. The zero-order valence-corrected chi connectivity index (χ0v) is 18.9. The summed E-state index contributed by atoms with van der Waals surface area (Å²) in [6.07, 6.45) is 0. The second-order valence-corrected chi connectivity index (χ2v) is 8.62. The summed E-state index contributed by atoms with van der Waals surface area (Å²) >= 11 is 0. The van der Waals surface area contributed by atoms with Gasteiger partial charge in [0.1, 0.15) is 11.6 Å². The fraction of sp³-hybridized carbons (Fsp3) is 0.111. The van der Waals surface area contributed by atoms with E-state index >= 15 is 4.39 Å². The van der Waals surface area contributed by atoms with Gasteiger partial charge in [0.2, 0.25) is 0 Å². The highest BCUT2D eigenvalue weighted by atomic mass is 19.1. The van der Waals surface area contributed by atoms with Crippen LogP contribution in [0.4, 0.5) is 14.5 Å². The maximum atomic E-state index is 15.3. The predicted molar refractivity (Wildman–Crippen MR) is 131 cm³/mol. The highest BCUT2D eigenvalue weighted by Crippen LogP contribution is 2.45. The number of fused-ring (bicyclic) bond motifs is 5. The van der Waals surface area contributed by atoms with Crippen LogP contribution in [0.15, 0.2) is 82.4 Å². The number of halogens is 2. The van der Waals surface area contributed by atoms with E-state index in [4.69, 9.17) is 0 Å². The lowest BCUT2D eigenvalue weighted by atomic mass is 9.99. The van der Waals surface area contributed by atoms with Gasteiger partial charge in [-0.05, 0) is 42.0 Å². The fourth-order valence-electron chi connectivity index (χ4n) is 5.03. The standard InChI is InChI=1S/C27H20F2N4O2/c1-31-24-21(26(34)32(2)27(31)35)23(17-7-3-4-8-18(17)29)33-20-10-6-5-9-19(20)30-22(25(24)33)15-11-13-16(28)14-12-15/h3-14,22,30H,1-2H3. The molecule has 1 aliphatic heterocycles. The van der Waals surface area contributed by atoms with E-state index in [0.717, 1.165) is 15.8 Å². The highest BCUT2D eigenvalue weighted by Gasteiger charge is 2.35. The summed E-state index contributed by atoms with van der Waals surface area (Å²) in [7, 11) is 3.01. The SMILES string of the molecule is Cn1c(=O)c2c(-c3ccccc3F)n3c(c2n(C)c1=O)C(c1ccc(F)cc1)Nc1ccccc1-3. The first-order valence-electron chi connectivity index (χ1n) is 11.1. The highest BCUT2D eigenvalue weighted by molar-refractivity contribution is 5.99. The van der Waals surface area contributed by atoms with Crippen LogP contribution in [0.5, 0.6) is 0 Å². The van der Waals surface area contributed by atoms with Crippen molar-refractivity contribution in [3.8, 4) is 16.9 Å². The largest absolute Gasteiger partial charge is 0.371 e. The minimum absolute atomic E-state index is 0.236. The van der Waals surface area contributed by atoms with Gasteiger partial charge < -0.3 is 9.88 Å². The Kier molecular flexibility index (Phi) is 4.54. The maximum absolute atomic E-state index is 15.3. The monoisotopic (exact) mass is 470 g/mol. The van der Waals surface area contributed by atoms with Crippen LogP contribution in [-0.2, 0) is 14.1 Å². The molecule has 6 rings (SSSR count). The van der Waals surface area contributed by atoms with Crippen molar-refractivity contribution in [1.29, 1.82) is 0 Å². The number of aromatic nitrogens is 3. The normalized spacial score (nSPS) is 14.5. The van der Waals surface area contributed by atoms with Crippen LogP contribution in [0.1, 0.15) is 17.3 Å². The number of benzene rings is 3. The molecule has 0 saturated heterocycles. The Balaban J connectivity index is 1.88. The lowest BCUT2D eigenvalue weighted by Crippen LogP contribution is -2.37. The minimum atomic E-state index is -0.536. The maximum Gasteiger partial charge on any atom is 0.331 e. The van der Waals surface area contributed by atoms with Crippen molar-refractivity contribution < 1.29 is 8.78 Å². The number of hydrogen-bond donors (Lipinski definition) is 1. The van der Waals surface area contributed by atoms with E-state index < -0.39 is 23.1 Å². The van der Waals surface area contributed by atoms with E-state index in [1.807, 2.05) is 28.8 Å². The first kappa shape index (κ1) is 21.1. The van der Waals surface area contributed by atoms with Gasteiger partial charge in [-0.3, -0.25) is 13.9 Å². The number of rotatable bonds is 2. The van der Waals surface area contributed by atoms with Crippen LogP contribution >= 0.6 is 0 Å². The van der Waals surface area contributed by atoms with Crippen molar-refractivity contribution >= 4 is 16.6 Å². The van der Waals surface area contributed by atoms with Crippen LogP contribution in [0.25, 0.3) is 27.8 Å². The smallest absolute Gasteiger partial charge is 0.331 e. The molecule has 0 aliphatic carbocycles. The molecule has 1 unspecified atom stereocenters. The van der Waals surface area contributed by atoms with Crippen molar-refractivity contribution in [2.24, 2.45) is 14.1 Å². The Bertz CT molecular complexity index is 1760. The summed E-state index contributed by atoms with van der Waals surface area (Å²) in [6, 6.07) is 19.3. The average Bonchev–Trinajstić information content (AvgIpc) is 3.23. The van der Waals surface area contributed by atoms with Gasteiger partial charge in [-0.1, -0.05) is 36.4 Å². The first-order chi connectivity index (χ1) is 16.9. The summed E-state index contributed by atoms with van der Waals surface area (Å²) in [5, 5.41) is 3.72. The number of aryl methyl sites for hydroxylation is 1. The molecule has 3 aromatic carbocycles. The molecular formula is C27H20F2N4O2. The fourth-order valence-corrected chi connectivity index (χ4v) is 5.03.